The molecule has 0 bridgehead atoms. The van der Waals surface area contributed by atoms with E-state index in [1.165, 1.54) is 19.1 Å². The highest BCUT2D eigenvalue weighted by atomic mass is 79.9. The van der Waals surface area contributed by atoms with Crippen LogP contribution in [0.3, 0.4) is 0 Å². The summed E-state index contributed by atoms with van der Waals surface area (Å²) in [4.78, 5) is 21.5. The highest BCUT2D eigenvalue weighted by Crippen LogP contribution is 2.23. The first-order valence-corrected chi connectivity index (χ1v) is 5.71. The van der Waals surface area contributed by atoms with Gasteiger partial charge in [-0.15, -0.1) is 0 Å². The van der Waals surface area contributed by atoms with Crippen LogP contribution in [0.25, 0.3) is 0 Å². The third kappa shape index (κ3) is 4.12. The summed E-state index contributed by atoms with van der Waals surface area (Å²) in [6, 6.07) is 4.46. The summed E-state index contributed by atoms with van der Waals surface area (Å²) in [5.41, 5.74) is 0.602. The number of rotatable bonds is 2. The average Bonchev–Trinajstić information content (AvgIpc) is 2.19. The molecule has 17 heavy (non-hydrogen) atoms. The molecule has 90 valence electrons. The Balaban J connectivity index is 2.90. The molecule has 1 aromatic rings. The molecule has 0 atom stereocenters. The van der Waals surface area contributed by atoms with Crippen molar-refractivity contribution >= 4 is 50.8 Å². The van der Waals surface area contributed by atoms with Crippen LogP contribution >= 0.6 is 28.1 Å². The molecule has 0 saturated heterocycles. The molecule has 0 heterocycles. The Hall–Kier alpha value is -1.47. The van der Waals surface area contributed by atoms with Crippen molar-refractivity contribution in [2.24, 2.45) is 0 Å². The van der Waals surface area contributed by atoms with Crippen LogP contribution in [0.2, 0.25) is 0 Å². The molecule has 0 unspecified atom stereocenters. The van der Waals surface area contributed by atoms with Crippen molar-refractivity contribution in [2.45, 2.75) is 6.92 Å². The van der Waals surface area contributed by atoms with E-state index in [0.29, 0.717) is 10.2 Å². The fourth-order valence-electron chi connectivity index (χ4n) is 1.07. The molecular formula is C10H9BrN2O3S. The van der Waals surface area contributed by atoms with Crippen molar-refractivity contribution in [1.29, 1.82) is 0 Å². The van der Waals surface area contributed by atoms with E-state index in [4.69, 9.17) is 17.3 Å². The minimum absolute atomic E-state index is 0.112. The quantitative estimate of drug-likeness (QED) is 0.727. The van der Waals surface area contributed by atoms with Gasteiger partial charge >= 0.3 is 5.97 Å². The summed E-state index contributed by atoms with van der Waals surface area (Å²) < 4.78 is 0.648. The van der Waals surface area contributed by atoms with Gasteiger partial charge in [-0.1, -0.05) is 0 Å². The van der Waals surface area contributed by atoms with E-state index in [0.717, 1.165) is 0 Å². The maximum absolute atomic E-state index is 10.8. The summed E-state index contributed by atoms with van der Waals surface area (Å²) in [7, 11) is 0. The number of thiocarbonyl (C=S) groups is 1. The first-order valence-electron chi connectivity index (χ1n) is 4.51. The molecule has 0 aromatic heterocycles. The van der Waals surface area contributed by atoms with Crippen molar-refractivity contribution in [1.82, 2.24) is 5.32 Å². The van der Waals surface area contributed by atoms with Crippen LogP contribution < -0.4 is 10.6 Å². The topological polar surface area (TPSA) is 78.4 Å². The zero-order valence-electron chi connectivity index (χ0n) is 8.78. The second kappa shape index (κ2) is 5.74. The van der Waals surface area contributed by atoms with Crippen molar-refractivity contribution in [3.05, 3.63) is 28.2 Å². The predicted molar refractivity (Wildman–Crippen MR) is 71.1 cm³/mol. The van der Waals surface area contributed by atoms with Crippen LogP contribution in [0.1, 0.15) is 17.3 Å². The predicted octanol–water partition coefficient (Wildman–Crippen LogP) is 1.98. The number of benzene rings is 1. The number of carbonyl (C=O) groups is 2. The molecule has 0 saturated carbocycles. The lowest BCUT2D eigenvalue weighted by atomic mass is 10.2. The summed E-state index contributed by atoms with van der Waals surface area (Å²) in [5.74, 6) is -1.33. The maximum Gasteiger partial charge on any atom is 0.335 e. The van der Waals surface area contributed by atoms with Crippen LogP contribution in [-0.4, -0.2) is 22.1 Å². The van der Waals surface area contributed by atoms with Crippen molar-refractivity contribution in [2.75, 3.05) is 5.32 Å². The number of aromatic carboxylic acids is 1. The molecule has 0 fully saturated rings. The number of anilines is 1. The molecule has 3 N–H and O–H groups in total. The Labute approximate surface area is 111 Å². The fraction of sp³-hybridized carbons (Fsp3) is 0.100. The number of amides is 1. The number of halogens is 1. The van der Waals surface area contributed by atoms with E-state index in [2.05, 4.69) is 26.6 Å². The zero-order chi connectivity index (χ0) is 13.0. The summed E-state index contributed by atoms with van der Waals surface area (Å²) in [6.45, 7) is 1.33. The molecular weight excluding hydrogens is 308 g/mol. The summed E-state index contributed by atoms with van der Waals surface area (Å²) in [6.07, 6.45) is 0. The van der Waals surface area contributed by atoms with Gasteiger partial charge in [-0.3, -0.25) is 4.79 Å². The van der Waals surface area contributed by atoms with Gasteiger partial charge in [0.05, 0.1) is 11.3 Å². The van der Waals surface area contributed by atoms with Gasteiger partial charge in [0, 0.05) is 11.4 Å². The second-order valence-corrected chi connectivity index (χ2v) is 4.40. The van der Waals surface area contributed by atoms with Crippen molar-refractivity contribution < 1.29 is 14.7 Å². The van der Waals surface area contributed by atoms with Gasteiger partial charge in [0.25, 0.3) is 0 Å². The third-order valence-corrected chi connectivity index (χ3v) is 2.65. The molecule has 0 aliphatic rings. The first-order chi connectivity index (χ1) is 7.90. The van der Waals surface area contributed by atoms with Gasteiger partial charge < -0.3 is 15.7 Å². The number of hydrogen-bond acceptors (Lipinski definition) is 3. The number of carboxylic acids is 1. The van der Waals surface area contributed by atoms with Crippen LogP contribution in [0.15, 0.2) is 22.7 Å². The number of hydrogen-bond donors (Lipinski definition) is 3. The number of nitrogens with one attached hydrogen (secondary N) is 2. The molecule has 1 aromatic carbocycles. The highest BCUT2D eigenvalue weighted by molar-refractivity contribution is 9.10. The molecule has 0 spiro atoms. The maximum atomic E-state index is 10.8. The van der Waals surface area contributed by atoms with Gasteiger partial charge in [0.2, 0.25) is 5.91 Å². The Morgan fingerprint density at radius 3 is 2.59 bits per heavy atom. The number of carbonyl (C=O) groups excluding carboxylic acids is 1. The van der Waals surface area contributed by atoms with E-state index < -0.39 is 5.97 Å². The van der Waals surface area contributed by atoms with Gasteiger partial charge in [-0.05, 0) is 46.3 Å². The van der Waals surface area contributed by atoms with Gasteiger partial charge in [-0.25, -0.2) is 4.79 Å². The molecule has 7 heteroatoms. The average molecular weight is 317 g/mol. The smallest absolute Gasteiger partial charge is 0.335 e. The normalized spacial score (nSPS) is 9.53. The summed E-state index contributed by atoms with van der Waals surface area (Å²) in [5, 5.41) is 14.1. The van der Waals surface area contributed by atoms with Gasteiger partial charge in [0.1, 0.15) is 0 Å². The lowest BCUT2D eigenvalue weighted by Gasteiger charge is -2.10. The Morgan fingerprint density at radius 1 is 1.41 bits per heavy atom. The van der Waals surface area contributed by atoms with Crippen LogP contribution in [0.5, 0.6) is 0 Å². The fourth-order valence-corrected chi connectivity index (χ4v) is 1.67. The Kier molecular flexibility index (Phi) is 4.59. The number of carboxylic acid groups (broad SMARTS) is 1. The third-order valence-electron chi connectivity index (χ3n) is 1.75. The molecule has 0 aliphatic heterocycles. The molecule has 1 amide bonds. The second-order valence-electron chi connectivity index (χ2n) is 3.14. The lowest BCUT2D eigenvalue weighted by Crippen LogP contribution is -2.32. The SMILES string of the molecule is CC(=O)NC(=S)Nc1cc(C(=O)O)ccc1Br. The minimum atomic E-state index is -1.04. The van der Waals surface area contributed by atoms with Crippen LogP contribution in [0, 0.1) is 0 Å². The van der Waals surface area contributed by atoms with E-state index in [1.54, 1.807) is 6.07 Å². The van der Waals surface area contributed by atoms with E-state index in [9.17, 15) is 9.59 Å². The van der Waals surface area contributed by atoms with E-state index in [1.807, 2.05) is 0 Å². The molecule has 0 radical (unpaired) electrons. The molecule has 5 nitrogen and oxygen atoms in total. The minimum Gasteiger partial charge on any atom is -0.478 e. The van der Waals surface area contributed by atoms with E-state index >= 15 is 0 Å². The Bertz CT molecular complexity index is 490. The lowest BCUT2D eigenvalue weighted by molar-refractivity contribution is -0.117. The first kappa shape index (κ1) is 13.6. The van der Waals surface area contributed by atoms with Crippen LogP contribution in [-0.2, 0) is 4.79 Å². The Morgan fingerprint density at radius 2 is 2.06 bits per heavy atom. The standard InChI is InChI=1S/C10H9BrN2O3S/c1-5(14)12-10(17)13-8-4-6(9(15)16)2-3-7(8)11/h2-4H,1H3,(H,15,16)(H2,12,13,14,17). The van der Waals surface area contributed by atoms with Crippen molar-refractivity contribution in [3.8, 4) is 0 Å². The van der Waals surface area contributed by atoms with E-state index in [-0.39, 0.29) is 16.6 Å². The van der Waals surface area contributed by atoms with Crippen molar-refractivity contribution in [3.63, 3.8) is 0 Å². The van der Waals surface area contributed by atoms with Crippen LogP contribution in [0.4, 0.5) is 5.69 Å². The monoisotopic (exact) mass is 316 g/mol. The highest BCUT2D eigenvalue weighted by Gasteiger charge is 2.08. The molecule has 1 rings (SSSR count). The van der Waals surface area contributed by atoms with Gasteiger partial charge in [0.15, 0.2) is 5.11 Å². The zero-order valence-corrected chi connectivity index (χ0v) is 11.2. The largest absolute Gasteiger partial charge is 0.478 e. The van der Waals surface area contributed by atoms with Gasteiger partial charge in [-0.2, -0.15) is 0 Å². The molecule has 0 aliphatic carbocycles. The summed E-state index contributed by atoms with van der Waals surface area (Å²) >= 11 is 8.12.